The largest absolute Gasteiger partial charge is 0.398 e. The molecule has 0 amide bonds. The zero-order chi connectivity index (χ0) is 14.5. The van der Waals surface area contributed by atoms with Crippen LogP contribution in [0.5, 0.6) is 0 Å². The minimum absolute atomic E-state index is 0.141. The van der Waals surface area contributed by atoms with Gasteiger partial charge in [0.25, 0.3) is 0 Å². The molecule has 4 nitrogen and oxygen atoms in total. The maximum absolute atomic E-state index is 12.7. The molecule has 1 saturated carbocycles. The molecule has 1 aromatic carbocycles. The summed E-state index contributed by atoms with van der Waals surface area (Å²) in [5, 5.41) is 0.258. The highest BCUT2D eigenvalue weighted by Crippen LogP contribution is 2.40. The number of nitrogens with zero attached hydrogens (tertiary/aromatic N) is 1. The molecule has 6 heteroatoms. The topological polar surface area (TPSA) is 63.4 Å². The van der Waals surface area contributed by atoms with Gasteiger partial charge in [-0.25, -0.2) is 8.42 Å². The fraction of sp³-hybridized carbons (Fsp3) is 0.571. The molecule has 1 saturated heterocycles. The van der Waals surface area contributed by atoms with E-state index in [-0.39, 0.29) is 9.92 Å². The van der Waals surface area contributed by atoms with Crippen LogP contribution in [0.15, 0.2) is 17.0 Å². The second kappa shape index (κ2) is 4.90. The van der Waals surface area contributed by atoms with E-state index in [4.69, 9.17) is 17.3 Å². The summed E-state index contributed by atoms with van der Waals surface area (Å²) in [6, 6.07) is 3.11. The molecule has 20 heavy (non-hydrogen) atoms. The lowest BCUT2D eigenvalue weighted by Crippen LogP contribution is -2.30. The van der Waals surface area contributed by atoms with Crippen LogP contribution in [0, 0.1) is 18.8 Å². The Kier molecular flexibility index (Phi) is 3.47. The Balaban J connectivity index is 1.95. The van der Waals surface area contributed by atoms with Crippen molar-refractivity contribution in [1.29, 1.82) is 0 Å². The maximum atomic E-state index is 12.7. The molecule has 2 atom stereocenters. The average molecular weight is 315 g/mol. The molecule has 0 radical (unpaired) electrons. The SMILES string of the molecule is Cc1cc(Cl)c(S(=O)(=O)N2CC3CCCC3C2)cc1N. The number of benzene rings is 1. The van der Waals surface area contributed by atoms with Gasteiger partial charge in [-0.05, 0) is 49.3 Å². The van der Waals surface area contributed by atoms with E-state index < -0.39 is 10.0 Å². The third-order valence-corrected chi connectivity index (χ3v) is 6.93. The number of halogens is 1. The predicted molar refractivity (Wildman–Crippen MR) is 80.2 cm³/mol. The molecule has 1 aromatic rings. The minimum Gasteiger partial charge on any atom is -0.398 e. The first-order chi connectivity index (χ1) is 9.39. The van der Waals surface area contributed by atoms with Gasteiger partial charge in [0.15, 0.2) is 0 Å². The second-order valence-corrected chi connectivity index (χ2v) is 8.23. The summed E-state index contributed by atoms with van der Waals surface area (Å²) in [5.41, 5.74) is 7.10. The van der Waals surface area contributed by atoms with Gasteiger partial charge in [-0.2, -0.15) is 4.31 Å². The third kappa shape index (κ3) is 2.22. The van der Waals surface area contributed by atoms with Crippen LogP contribution in [-0.4, -0.2) is 25.8 Å². The summed E-state index contributed by atoms with van der Waals surface area (Å²) < 4.78 is 27.1. The number of hydrogen-bond acceptors (Lipinski definition) is 3. The van der Waals surface area contributed by atoms with E-state index in [0.717, 1.165) is 18.4 Å². The molecule has 110 valence electrons. The molecule has 2 fully saturated rings. The van der Waals surface area contributed by atoms with Gasteiger partial charge in [0, 0.05) is 18.8 Å². The van der Waals surface area contributed by atoms with Crippen molar-refractivity contribution in [2.24, 2.45) is 11.8 Å². The van der Waals surface area contributed by atoms with Crippen molar-refractivity contribution in [2.75, 3.05) is 18.8 Å². The van der Waals surface area contributed by atoms with E-state index in [0.29, 0.717) is 30.6 Å². The Morgan fingerprint density at radius 1 is 1.25 bits per heavy atom. The molecule has 0 aromatic heterocycles. The van der Waals surface area contributed by atoms with E-state index >= 15 is 0 Å². The monoisotopic (exact) mass is 314 g/mol. The van der Waals surface area contributed by atoms with E-state index in [1.165, 1.54) is 12.5 Å². The lowest BCUT2D eigenvalue weighted by atomic mass is 10.0. The van der Waals surface area contributed by atoms with Gasteiger partial charge >= 0.3 is 0 Å². The van der Waals surface area contributed by atoms with Crippen LogP contribution in [-0.2, 0) is 10.0 Å². The van der Waals surface area contributed by atoms with Gasteiger partial charge in [0.1, 0.15) is 4.90 Å². The summed E-state index contributed by atoms with van der Waals surface area (Å²) in [7, 11) is -3.53. The first kappa shape index (κ1) is 14.2. The highest BCUT2D eigenvalue weighted by atomic mass is 35.5. The van der Waals surface area contributed by atoms with E-state index in [1.807, 2.05) is 6.92 Å². The molecule has 1 heterocycles. The van der Waals surface area contributed by atoms with Crippen LogP contribution in [0.2, 0.25) is 5.02 Å². The third-order valence-electron chi connectivity index (χ3n) is 4.63. The lowest BCUT2D eigenvalue weighted by molar-refractivity contribution is 0.445. The smallest absolute Gasteiger partial charge is 0.244 e. The Hall–Kier alpha value is -0.780. The Labute approximate surface area is 125 Å². The van der Waals surface area contributed by atoms with Crippen LogP contribution >= 0.6 is 11.6 Å². The van der Waals surface area contributed by atoms with Gasteiger partial charge in [-0.1, -0.05) is 18.0 Å². The number of fused-ring (bicyclic) bond motifs is 1. The molecule has 0 bridgehead atoms. The minimum atomic E-state index is -3.53. The number of nitrogens with two attached hydrogens (primary N) is 1. The number of hydrogen-bond donors (Lipinski definition) is 1. The summed E-state index contributed by atoms with van der Waals surface area (Å²) in [6.45, 7) is 3.06. The average Bonchev–Trinajstić information content (AvgIpc) is 2.94. The first-order valence-electron chi connectivity index (χ1n) is 6.95. The number of nitrogen functional groups attached to an aromatic ring is 1. The number of rotatable bonds is 2. The highest BCUT2D eigenvalue weighted by molar-refractivity contribution is 7.89. The zero-order valence-electron chi connectivity index (χ0n) is 11.5. The zero-order valence-corrected chi connectivity index (χ0v) is 13.0. The van der Waals surface area contributed by atoms with Gasteiger partial charge < -0.3 is 5.73 Å². The summed E-state index contributed by atoms with van der Waals surface area (Å²) in [4.78, 5) is 0.141. The first-order valence-corrected chi connectivity index (χ1v) is 8.77. The molecule has 0 spiro atoms. The maximum Gasteiger partial charge on any atom is 0.244 e. The number of aryl methyl sites for hydroxylation is 1. The number of anilines is 1. The van der Waals surface area contributed by atoms with Crippen molar-refractivity contribution < 1.29 is 8.42 Å². The highest BCUT2D eigenvalue weighted by Gasteiger charge is 2.41. The standard InChI is InChI=1S/C14H19ClN2O2S/c1-9-5-12(15)14(6-13(9)16)20(18,19)17-7-10-3-2-4-11(10)8-17/h5-6,10-11H,2-4,7-8,16H2,1H3. The van der Waals surface area contributed by atoms with Crippen LogP contribution < -0.4 is 5.73 Å². The Morgan fingerprint density at radius 2 is 1.85 bits per heavy atom. The molecule has 2 N–H and O–H groups in total. The van der Waals surface area contributed by atoms with Crippen molar-refractivity contribution in [3.05, 3.63) is 22.7 Å². The summed E-state index contributed by atoms with van der Waals surface area (Å²) in [6.07, 6.45) is 3.50. The van der Waals surface area contributed by atoms with Crippen LogP contribution in [0.1, 0.15) is 24.8 Å². The van der Waals surface area contributed by atoms with Gasteiger partial charge in [0.05, 0.1) is 5.02 Å². The molecule has 2 aliphatic rings. The molecular weight excluding hydrogens is 296 g/mol. The second-order valence-electron chi connectivity index (χ2n) is 5.91. The summed E-state index contributed by atoms with van der Waals surface area (Å²) in [5.74, 6) is 1.04. The van der Waals surface area contributed by atoms with Crippen molar-refractivity contribution in [1.82, 2.24) is 4.31 Å². The normalized spacial score (nSPS) is 26.9. The summed E-state index contributed by atoms with van der Waals surface area (Å²) >= 11 is 6.12. The van der Waals surface area contributed by atoms with Gasteiger partial charge in [-0.15, -0.1) is 0 Å². The van der Waals surface area contributed by atoms with Crippen LogP contribution in [0.3, 0.4) is 0 Å². The van der Waals surface area contributed by atoms with Crippen LogP contribution in [0.25, 0.3) is 0 Å². The molecular formula is C14H19ClN2O2S. The quantitative estimate of drug-likeness (QED) is 0.854. The lowest BCUT2D eigenvalue weighted by Gasteiger charge is -2.19. The van der Waals surface area contributed by atoms with Crippen LogP contribution in [0.4, 0.5) is 5.69 Å². The van der Waals surface area contributed by atoms with Crippen molar-refractivity contribution in [3.63, 3.8) is 0 Å². The van der Waals surface area contributed by atoms with Crippen molar-refractivity contribution in [3.8, 4) is 0 Å². The van der Waals surface area contributed by atoms with Crippen molar-refractivity contribution in [2.45, 2.75) is 31.1 Å². The Bertz CT molecular complexity index is 633. The molecule has 2 unspecified atom stereocenters. The van der Waals surface area contributed by atoms with Crippen molar-refractivity contribution >= 4 is 27.3 Å². The van der Waals surface area contributed by atoms with Gasteiger partial charge in [-0.3, -0.25) is 0 Å². The molecule has 1 aliphatic heterocycles. The molecule has 3 rings (SSSR count). The van der Waals surface area contributed by atoms with Gasteiger partial charge in [0.2, 0.25) is 10.0 Å². The van der Waals surface area contributed by atoms with E-state index in [9.17, 15) is 8.42 Å². The fourth-order valence-corrected chi connectivity index (χ4v) is 5.54. The fourth-order valence-electron chi connectivity index (χ4n) is 3.39. The molecule has 1 aliphatic carbocycles. The van der Waals surface area contributed by atoms with E-state index in [2.05, 4.69) is 0 Å². The number of sulfonamides is 1. The predicted octanol–water partition coefficient (Wildman–Crippen LogP) is 2.65. The Morgan fingerprint density at radius 3 is 2.45 bits per heavy atom. The van der Waals surface area contributed by atoms with E-state index in [1.54, 1.807) is 10.4 Å².